The quantitative estimate of drug-likeness (QED) is 0.829. The van der Waals surface area contributed by atoms with Crippen LogP contribution < -0.4 is 5.56 Å². The number of aliphatic hydroxyl groups is 1. The molecule has 0 aliphatic carbocycles. The molecule has 1 aromatic heterocycles. The minimum atomic E-state index is -0.234. The molecule has 1 heterocycles. The molecule has 0 saturated carbocycles. The van der Waals surface area contributed by atoms with Gasteiger partial charge in [0.25, 0.3) is 5.56 Å². The van der Waals surface area contributed by atoms with Gasteiger partial charge in [0.1, 0.15) is 0 Å². The van der Waals surface area contributed by atoms with Crippen LogP contribution in [-0.4, -0.2) is 10.1 Å². The number of pyridine rings is 1. The smallest absolute Gasteiger partial charge is 0.253 e. The Bertz CT molecular complexity index is 599. The second-order valence-corrected chi connectivity index (χ2v) is 4.20. The van der Waals surface area contributed by atoms with Gasteiger partial charge in [-0.1, -0.05) is 23.8 Å². The third-order valence-electron chi connectivity index (χ3n) is 2.83. The number of rotatable bonds is 2. The molecule has 0 saturated heterocycles. The van der Waals surface area contributed by atoms with Crippen molar-refractivity contribution in [2.45, 2.75) is 20.5 Å². The van der Waals surface area contributed by atoms with Crippen LogP contribution in [0, 0.1) is 13.8 Å². The van der Waals surface area contributed by atoms with Crippen LogP contribution in [-0.2, 0) is 6.61 Å². The van der Waals surface area contributed by atoms with Crippen molar-refractivity contribution in [2.24, 2.45) is 0 Å². The number of nitrogens with one attached hydrogen (secondary N) is 1. The Kier molecular flexibility index (Phi) is 3.11. The lowest BCUT2D eigenvalue weighted by Gasteiger charge is -2.07. The van der Waals surface area contributed by atoms with E-state index in [1.54, 1.807) is 6.07 Å². The Hall–Kier alpha value is -1.87. The van der Waals surface area contributed by atoms with E-state index < -0.39 is 0 Å². The van der Waals surface area contributed by atoms with Crippen molar-refractivity contribution < 1.29 is 5.11 Å². The molecule has 0 aliphatic rings. The number of benzene rings is 1. The number of H-pyrrole nitrogens is 1. The maximum Gasteiger partial charge on any atom is 0.253 e. The van der Waals surface area contributed by atoms with Crippen LogP contribution in [0.2, 0.25) is 0 Å². The lowest BCUT2D eigenvalue weighted by atomic mass is 10.0. The second kappa shape index (κ2) is 4.55. The lowest BCUT2D eigenvalue weighted by Crippen LogP contribution is -2.12. The number of hydrogen-bond donors (Lipinski definition) is 2. The van der Waals surface area contributed by atoms with Crippen LogP contribution in [0.15, 0.2) is 35.1 Å². The van der Waals surface area contributed by atoms with Gasteiger partial charge in [-0.2, -0.15) is 0 Å². The highest BCUT2D eigenvalue weighted by atomic mass is 16.3. The fourth-order valence-electron chi connectivity index (χ4n) is 1.90. The summed E-state index contributed by atoms with van der Waals surface area (Å²) in [5, 5.41) is 8.95. The molecule has 0 unspecified atom stereocenters. The van der Waals surface area contributed by atoms with Gasteiger partial charge in [0.15, 0.2) is 0 Å². The average Bonchev–Trinajstić information content (AvgIpc) is 2.29. The van der Waals surface area contributed by atoms with E-state index in [1.807, 2.05) is 32.0 Å². The highest BCUT2D eigenvalue weighted by molar-refractivity contribution is 5.63. The molecule has 0 bridgehead atoms. The van der Waals surface area contributed by atoms with E-state index in [2.05, 4.69) is 11.1 Å². The number of aromatic nitrogens is 1. The molecular formula is C14H15NO2. The molecule has 2 N–H and O–H groups in total. The van der Waals surface area contributed by atoms with Crippen LogP contribution in [0.4, 0.5) is 0 Å². The van der Waals surface area contributed by atoms with Crippen molar-refractivity contribution in [3.05, 3.63) is 57.4 Å². The van der Waals surface area contributed by atoms with Crippen molar-refractivity contribution in [1.82, 2.24) is 4.98 Å². The molecule has 0 amide bonds. The van der Waals surface area contributed by atoms with Gasteiger partial charge < -0.3 is 10.1 Å². The van der Waals surface area contributed by atoms with Gasteiger partial charge >= 0.3 is 0 Å². The summed E-state index contributed by atoms with van der Waals surface area (Å²) in [6, 6.07) is 9.57. The molecule has 0 aliphatic heterocycles. The predicted octanol–water partition coefficient (Wildman–Crippen LogP) is 2.15. The standard InChI is InChI=1S/C14H15NO2/c1-9-3-5-12(10(2)7-9)13-6-4-11(8-16)14(17)15-13/h3-7,16H,8H2,1-2H3,(H,15,17). The summed E-state index contributed by atoms with van der Waals surface area (Å²) < 4.78 is 0. The molecule has 88 valence electrons. The SMILES string of the molecule is Cc1ccc(-c2ccc(CO)c(=O)[nH]2)c(C)c1. The zero-order valence-electron chi connectivity index (χ0n) is 9.95. The maximum atomic E-state index is 11.6. The number of aliphatic hydroxyl groups excluding tert-OH is 1. The Balaban J connectivity index is 2.54. The number of aromatic amines is 1. The highest BCUT2D eigenvalue weighted by Crippen LogP contribution is 2.21. The molecule has 1 aromatic carbocycles. The van der Waals surface area contributed by atoms with Crippen molar-refractivity contribution in [3.8, 4) is 11.3 Å². The molecule has 0 atom stereocenters. The fourth-order valence-corrected chi connectivity index (χ4v) is 1.90. The fraction of sp³-hybridized carbons (Fsp3) is 0.214. The van der Waals surface area contributed by atoms with Gasteiger partial charge in [-0.25, -0.2) is 0 Å². The first-order valence-corrected chi connectivity index (χ1v) is 5.52. The summed E-state index contributed by atoms with van der Waals surface area (Å²) >= 11 is 0. The van der Waals surface area contributed by atoms with E-state index >= 15 is 0 Å². The Morgan fingerprint density at radius 3 is 2.53 bits per heavy atom. The van der Waals surface area contributed by atoms with Crippen molar-refractivity contribution in [1.29, 1.82) is 0 Å². The van der Waals surface area contributed by atoms with Gasteiger partial charge in [-0.15, -0.1) is 0 Å². The second-order valence-electron chi connectivity index (χ2n) is 4.20. The summed E-state index contributed by atoms with van der Waals surface area (Å²) in [7, 11) is 0. The van der Waals surface area contributed by atoms with Gasteiger partial charge in [-0.05, 0) is 31.5 Å². The van der Waals surface area contributed by atoms with Crippen LogP contribution in [0.5, 0.6) is 0 Å². The van der Waals surface area contributed by atoms with E-state index in [9.17, 15) is 4.79 Å². The topological polar surface area (TPSA) is 53.1 Å². The Labute approximate surface area is 99.8 Å². The zero-order valence-corrected chi connectivity index (χ0v) is 9.95. The molecule has 17 heavy (non-hydrogen) atoms. The molecule has 0 radical (unpaired) electrons. The molecular weight excluding hydrogens is 214 g/mol. The van der Waals surface area contributed by atoms with Crippen molar-refractivity contribution >= 4 is 0 Å². The van der Waals surface area contributed by atoms with Crippen LogP contribution in [0.1, 0.15) is 16.7 Å². The molecule has 2 rings (SSSR count). The molecule has 3 nitrogen and oxygen atoms in total. The van der Waals surface area contributed by atoms with Gasteiger partial charge in [0.2, 0.25) is 0 Å². The van der Waals surface area contributed by atoms with E-state index in [4.69, 9.17) is 5.11 Å². The first-order valence-electron chi connectivity index (χ1n) is 5.52. The predicted molar refractivity (Wildman–Crippen MR) is 67.9 cm³/mol. The molecule has 3 heteroatoms. The third kappa shape index (κ3) is 2.29. The first-order chi connectivity index (χ1) is 8.11. The lowest BCUT2D eigenvalue weighted by molar-refractivity contribution is 0.280. The minimum absolute atomic E-state index is 0.232. The van der Waals surface area contributed by atoms with Crippen LogP contribution in [0.25, 0.3) is 11.3 Å². The summed E-state index contributed by atoms with van der Waals surface area (Å²) in [5.74, 6) is 0. The largest absolute Gasteiger partial charge is 0.391 e. The molecule has 0 fully saturated rings. The number of aryl methyl sites for hydroxylation is 2. The minimum Gasteiger partial charge on any atom is -0.391 e. The summed E-state index contributed by atoms with van der Waals surface area (Å²) in [6.07, 6.45) is 0. The van der Waals surface area contributed by atoms with Gasteiger partial charge in [0.05, 0.1) is 6.61 Å². The molecule has 2 aromatic rings. The summed E-state index contributed by atoms with van der Waals surface area (Å²) in [5.41, 5.74) is 4.27. The maximum absolute atomic E-state index is 11.6. The van der Waals surface area contributed by atoms with E-state index in [0.29, 0.717) is 5.56 Å². The van der Waals surface area contributed by atoms with Crippen LogP contribution in [0.3, 0.4) is 0 Å². The summed E-state index contributed by atoms with van der Waals surface area (Å²) in [6.45, 7) is 3.82. The van der Waals surface area contributed by atoms with Gasteiger partial charge in [-0.3, -0.25) is 4.79 Å². The van der Waals surface area contributed by atoms with Gasteiger partial charge in [0, 0.05) is 16.8 Å². The number of hydrogen-bond acceptors (Lipinski definition) is 2. The van der Waals surface area contributed by atoms with E-state index in [0.717, 1.165) is 16.8 Å². The third-order valence-corrected chi connectivity index (χ3v) is 2.83. The average molecular weight is 229 g/mol. The normalized spacial score (nSPS) is 10.5. The highest BCUT2D eigenvalue weighted by Gasteiger charge is 2.05. The monoisotopic (exact) mass is 229 g/mol. The first kappa shape index (κ1) is 11.6. The van der Waals surface area contributed by atoms with E-state index in [1.165, 1.54) is 5.56 Å². The Morgan fingerprint density at radius 1 is 1.18 bits per heavy atom. The molecule has 0 spiro atoms. The summed E-state index contributed by atoms with van der Waals surface area (Å²) in [4.78, 5) is 14.4. The Morgan fingerprint density at radius 2 is 1.94 bits per heavy atom. The van der Waals surface area contributed by atoms with Crippen molar-refractivity contribution in [3.63, 3.8) is 0 Å². The zero-order chi connectivity index (χ0) is 12.4. The van der Waals surface area contributed by atoms with E-state index in [-0.39, 0.29) is 12.2 Å². The van der Waals surface area contributed by atoms with Crippen LogP contribution >= 0.6 is 0 Å². The van der Waals surface area contributed by atoms with Crippen molar-refractivity contribution in [2.75, 3.05) is 0 Å².